The third-order valence-corrected chi connectivity index (χ3v) is 13.4. The van der Waals surface area contributed by atoms with Crippen LogP contribution >= 0.6 is 15.8 Å². The molecule has 0 N–H and O–H groups in total. The molecule has 2 heterocycles. The van der Waals surface area contributed by atoms with E-state index in [4.69, 9.17) is 18.9 Å². The summed E-state index contributed by atoms with van der Waals surface area (Å²) in [6.45, 7) is 7.86. The Bertz CT molecular complexity index is 1870. The van der Waals surface area contributed by atoms with Crippen molar-refractivity contribution in [3.05, 3.63) is 146 Å². The van der Waals surface area contributed by atoms with Crippen LogP contribution in [0.15, 0.2) is 146 Å². The normalized spacial score (nSPS) is 14.3. The number of fused-ring (bicyclic) bond motifs is 2. The van der Waals surface area contributed by atoms with Crippen molar-refractivity contribution in [2.75, 3.05) is 0 Å². The Morgan fingerprint density at radius 3 is 0.922 bits per heavy atom. The Morgan fingerprint density at radius 1 is 0.373 bits per heavy atom. The van der Waals surface area contributed by atoms with Crippen molar-refractivity contribution in [2.45, 2.75) is 39.3 Å². The van der Waals surface area contributed by atoms with Gasteiger partial charge in [-0.2, -0.15) is 0 Å². The molecule has 260 valence electrons. The summed E-state index contributed by atoms with van der Waals surface area (Å²) in [5.74, 6) is 1.24. The molecule has 0 saturated heterocycles. The third kappa shape index (κ3) is 7.71. The first-order valence-electron chi connectivity index (χ1n) is 16.2. The molecule has 0 unspecified atom stereocenters. The molecule has 6 aromatic carbocycles. The van der Waals surface area contributed by atoms with Gasteiger partial charge in [-0.25, -0.2) is 0 Å². The Balaban J connectivity index is 0.00000168. The van der Waals surface area contributed by atoms with Gasteiger partial charge >= 0.3 is 19.5 Å². The monoisotopic (exact) mass is 926 g/mol. The standard InChI is InChI=1S/C42H36O4P2.2BrH.Ru/c1-41(2)43-33-25-27-35(47(29-17-9-5-10-18-29)30-19-11-6-12-20-30)37(39(33)45-41)38-36(28-26-34-40(38)46-42(3,4)44-34)48(31-21-13-7-14-22-31)32-23-15-8-16-24-32;;;/h5-28H,1-4H3;2*1H;/q;;;+2/p-2. The number of rotatable bonds is 7. The van der Waals surface area contributed by atoms with E-state index in [0.29, 0.717) is 0 Å². The van der Waals surface area contributed by atoms with E-state index >= 15 is 0 Å². The maximum absolute atomic E-state index is 6.80. The molecule has 6 aromatic rings. The molecule has 2 aliphatic rings. The Labute approximate surface area is 336 Å². The predicted molar refractivity (Wildman–Crippen MR) is 200 cm³/mol. The Hall–Kier alpha value is -3.04. The second-order valence-corrected chi connectivity index (χ2v) is 17.2. The molecule has 0 radical (unpaired) electrons. The summed E-state index contributed by atoms with van der Waals surface area (Å²) in [5.41, 5.74) is 1.98. The first kappa shape index (κ1) is 39.2. The number of hydrogen-bond donors (Lipinski definition) is 0. The van der Waals surface area contributed by atoms with Crippen molar-refractivity contribution in [1.29, 1.82) is 0 Å². The second kappa shape index (κ2) is 15.9. The van der Waals surface area contributed by atoms with Crippen LogP contribution in [0, 0.1) is 0 Å². The first-order valence-corrected chi connectivity index (χ1v) is 18.9. The smallest absolute Gasteiger partial charge is 1.00 e. The fraction of sp³-hybridized carbons (Fsp3) is 0.143. The fourth-order valence-electron chi connectivity index (χ4n) is 6.55. The van der Waals surface area contributed by atoms with E-state index in [1.54, 1.807) is 0 Å². The summed E-state index contributed by atoms with van der Waals surface area (Å²) in [6.07, 6.45) is 0. The van der Waals surface area contributed by atoms with E-state index in [9.17, 15) is 0 Å². The fourth-order valence-corrected chi connectivity index (χ4v) is 11.5. The van der Waals surface area contributed by atoms with Gasteiger partial charge in [0.2, 0.25) is 11.6 Å². The van der Waals surface area contributed by atoms with Gasteiger partial charge in [0.15, 0.2) is 23.0 Å². The molecular weight excluding hydrogens is 891 g/mol. The van der Waals surface area contributed by atoms with Gasteiger partial charge in [-0.1, -0.05) is 121 Å². The van der Waals surface area contributed by atoms with Crippen molar-refractivity contribution < 1.29 is 72.4 Å². The quantitative estimate of drug-likeness (QED) is 0.182. The molecule has 0 amide bonds. The SMILES string of the molecule is CC1(C)Oc2ccc(P(c3ccccc3)c3ccccc3)c(-c3c(P(c4ccccc4)c4ccccc4)ccc4c3OC(C)(C)O4)c2O1.[Br-].[Br-].[Ru+2]. The van der Waals surface area contributed by atoms with Crippen molar-refractivity contribution >= 4 is 47.7 Å². The summed E-state index contributed by atoms with van der Waals surface area (Å²) in [4.78, 5) is 0. The molecule has 0 aliphatic carbocycles. The van der Waals surface area contributed by atoms with Crippen LogP contribution in [-0.2, 0) is 19.5 Å². The molecular formula is C42H36Br2O4P2Ru. The van der Waals surface area contributed by atoms with E-state index in [0.717, 1.165) is 34.1 Å². The second-order valence-electron chi connectivity index (χ2n) is 12.8. The van der Waals surface area contributed by atoms with Crippen LogP contribution in [0.2, 0.25) is 0 Å². The number of ether oxygens (including phenoxy) is 4. The van der Waals surface area contributed by atoms with Gasteiger partial charge in [0, 0.05) is 38.8 Å². The summed E-state index contributed by atoms with van der Waals surface area (Å²) in [7, 11) is -2.05. The molecule has 4 nitrogen and oxygen atoms in total. The molecule has 0 bridgehead atoms. The summed E-state index contributed by atoms with van der Waals surface area (Å²) in [5, 5.41) is 7.33. The van der Waals surface area contributed by atoms with Gasteiger partial charge in [-0.3, -0.25) is 0 Å². The van der Waals surface area contributed by atoms with E-state index in [-0.39, 0.29) is 53.4 Å². The van der Waals surface area contributed by atoms with Crippen LogP contribution in [0.1, 0.15) is 27.7 Å². The van der Waals surface area contributed by atoms with Gasteiger partial charge in [-0.05, 0) is 71.9 Å². The maximum atomic E-state index is 6.80. The molecule has 9 heteroatoms. The van der Waals surface area contributed by atoms with Gasteiger partial charge in [0.25, 0.3) is 0 Å². The average Bonchev–Trinajstić information content (AvgIpc) is 3.60. The minimum atomic E-state index is -1.02. The summed E-state index contributed by atoms with van der Waals surface area (Å²) >= 11 is 0. The average molecular weight is 928 g/mol. The van der Waals surface area contributed by atoms with E-state index < -0.39 is 27.4 Å². The molecule has 0 spiro atoms. The molecule has 0 saturated carbocycles. The minimum Gasteiger partial charge on any atom is -1.00 e. The zero-order chi connectivity index (χ0) is 32.9. The van der Waals surface area contributed by atoms with Crippen molar-refractivity contribution in [3.8, 4) is 34.1 Å². The third-order valence-electron chi connectivity index (χ3n) is 8.40. The minimum absolute atomic E-state index is 0. The predicted octanol–water partition coefficient (Wildman–Crippen LogP) is 1.89. The summed E-state index contributed by atoms with van der Waals surface area (Å²) in [6, 6.07) is 51.8. The summed E-state index contributed by atoms with van der Waals surface area (Å²) < 4.78 is 26.5. The van der Waals surface area contributed by atoms with Crippen molar-refractivity contribution in [3.63, 3.8) is 0 Å². The van der Waals surface area contributed by atoms with Crippen LogP contribution in [0.4, 0.5) is 0 Å². The van der Waals surface area contributed by atoms with Gasteiger partial charge in [-0.15, -0.1) is 0 Å². The molecule has 0 fully saturated rings. The molecule has 0 atom stereocenters. The van der Waals surface area contributed by atoms with E-state index in [1.807, 2.05) is 27.7 Å². The number of hydrogen-bond acceptors (Lipinski definition) is 4. The van der Waals surface area contributed by atoms with Gasteiger partial charge < -0.3 is 52.9 Å². The van der Waals surface area contributed by atoms with Crippen LogP contribution < -0.4 is 84.7 Å². The largest absolute Gasteiger partial charge is 2.00 e. The zero-order valence-electron chi connectivity index (χ0n) is 28.5. The van der Waals surface area contributed by atoms with Crippen molar-refractivity contribution in [2.24, 2.45) is 0 Å². The van der Waals surface area contributed by atoms with E-state index in [2.05, 4.69) is 146 Å². The van der Waals surface area contributed by atoms with Crippen LogP contribution in [0.25, 0.3) is 11.1 Å². The zero-order valence-corrected chi connectivity index (χ0v) is 35.2. The first-order chi connectivity index (χ1) is 23.3. The maximum Gasteiger partial charge on any atom is 2.00 e. The molecule has 2 aliphatic heterocycles. The molecule has 51 heavy (non-hydrogen) atoms. The Kier molecular flexibility index (Phi) is 12.2. The molecule has 0 aromatic heterocycles. The van der Waals surface area contributed by atoms with Crippen LogP contribution in [-0.4, -0.2) is 11.6 Å². The topological polar surface area (TPSA) is 36.9 Å². The van der Waals surface area contributed by atoms with E-state index in [1.165, 1.54) is 31.8 Å². The van der Waals surface area contributed by atoms with Crippen molar-refractivity contribution in [1.82, 2.24) is 0 Å². The van der Waals surface area contributed by atoms with Gasteiger partial charge in [0.1, 0.15) is 0 Å². The van der Waals surface area contributed by atoms with Crippen LogP contribution in [0.5, 0.6) is 23.0 Å². The molecule has 8 rings (SSSR count). The Morgan fingerprint density at radius 2 is 0.647 bits per heavy atom. The van der Waals surface area contributed by atoms with Crippen LogP contribution in [0.3, 0.4) is 0 Å². The van der Waals surface area contributed by atoms with Gasteiger partial charge in [0.05, 0.1) is 0 Å². The number of halogens is 2. The number of benzene rings is 6.